The molecule has 0 spiro atoms. The highest BCUT2D eigenvalue weighted by molar-refractivity contribution is 6.03. The number of carbonyl (C=O) groups excluding carboxylic acids is 2. The summed E-state index contributed by atoms with van der Waals surface area (Å²) in [6.45, 7) is 2.48. The zero-order valence-electron chi connectivity index (χ0n) is 13.3. The molecule has 0 bridgehead atoms. The van der Waals surface area contributed by atoms with Crippen LogP contribution in [0.25, 0.3) is 0 Å². The van der Waals surface area contributed by atoms with Crippen LogP contribution in [0.5, 0.6) is 0 Å². The molecule has 1 aliphatic heterocycles. The number of benzene rings is 1. The van der Waals surface area contributed by atoms with Gasteiger partial charge < -0.3 is 10.2 Å². The maximum absolute atomic E-state index is 12.4. The van der Waals surface area contributed by atoms with Crippen molar-refractivity contribution in [2.75, 3.05) is 16.8 Å². The lowest BCUT2D eigenvalue weighted by molar-refractivity contribution is -0.122. The second-order valence-electron chi connectivity index (χ2n) is 5.78. The molecule has 1 aromatic heterocycles. The van der Waals surface area contributed by atoms with Crippen molar-refractivity contribution in [3.05, 3.63) is 42.2 Å². The Labute approximate surface area is 135 Å². The lowest BCUT2D eigenvalue weighted by atomic mass is 10.1. The fourth-order valence-corrected chi connectivity index (χ4v) is 2.92. The van der Waals surface area contributed by atoms with Gasteiger partial charge >= 0.3 is 0 Å². The molecule has 120 valence electrons. The SMILES string of the molecule is CCc1ccccc1N1CC(C(=O)Nc2cnn(C)c2)CC1=O. The Morgan fingerprint density at radius 3 is 2.87 bits per heavy atom. The number of para-hydroxylation sites is 1. The number of nitrogens with one attached hydrogen (secondary N) is 1. The normalized spacial score (nSPS) is 17.6. The van der Waals surface area contributed by atoms with Crippen molar-refractivity contribution in [2.24, 2.45) is 13.0 Å². The summed E-state index contributed by atoms with van der Waals surface area (Å²) in [5, 5.41) is 6.85. The summed E-state index contributed by atoms with van der Waals surface area (Å²) in [7, 11) is 1.79. The highest BCUT2D eigenvalue weighted by atomic mass is 16.2. The molecule has 1 saturated heterocycles. The van der Waals surface area contributed by atoms with Crippen LogP contribution >= 0.6 is 0 Å². The third kappa shape index (κ3) is 3.11. The summed E-state index contributed by atoms with van der Waals surface area (Å²) in [6, 6.07) is 7.85. The maximum Gasteiger partial charge on any atom is 0.229 e. The van der Waals surface area contributed by atoms with Gasteiger partial charge in [-0.1, -0.05) is 25.1 Å². The summed E-state index contributed by atoms with van der Waals surface area (Å²) in [4.78, 5) is 26.4. The van der Waals surface area contributed by atoms with Crippen LogP contribution in [0.1, 0.15) is 18.9 Å². The molecule has 1 fully saturated rings. The van der Waals surface area contributed by atoms with E-state index in [1.54, 1.807) is 29.0 Å². The molecule has 0 aliphatic carbocycles. The van der Waals surface area contributed by atoms with Crippen LogP contribution in [-0.2, 0) is 23.1 Å². The molecule has 1 N–H and O–H groups in total. The van der Waals surface area contributed by atoms with Gasteiger partial charge in [-0.05, 0) is 18.1 Å². The number of rotatable bonds is 4. The van der Waals surface area contributed by atoms with Gasteiger partial charge in [0.25, 0.3) is 0 Å². The zero-order valence-corrected chi connectivity index (χ0v) is 13.3. The number of amides is 2. The lowest BCUT2D eigenvalue weighted by Gasteiger charge is -2.19. The Morgan fingerprint density at radius 1 is 1.39 bits per heavy atom. The van der Waals surface area contributed by atoms with Gasteiger partial charge in [0.1, 0.15) is 0 Å². The number of hydrogen-bond donors (Lipinski definition) is 1. The van der Waals surface area contributed by atoms with Gasteiger partial charge in [-0.3, -0.25) is 14.3 Å². The van der Waals surface area contributed by atoms with Gasteiger partial charge in [-0.2, -0.15) is 5.10 Å². The monoisotopic (exact) mass is 312 g/mol. The number of aromatic nitrogens is 2. The summed E-state index contributed by atoms with van der Waals surface area (Å²) in [6.07, 6.45) is 4.42. The molecule has 1 aromatic carbocycles. The van der Waals surface area contributed by atoms with Crippen LogP contribution in [0.4, 0.5) is 11.4 Å². The molecule has 23 heavy (non-hydrogen) atoms. The maximum atomic E-state index is 12.4. The second kappa shape index (κ2) is 6.24. The Balaban J connectivity index is 1.73. The molecule has 0 saturated carbocycles. The van der Waals surface area contributed by atoms with Crippen molar-refractivity contribution in [3.8, 4) is 0 Å². The molecule has 2 aromatic rings. The van der Waals surface area contributed by atoms with E-state index < -0.39 is 0 Å². The van der Waals surface area contributed by atoms with E-state index in [1.165, 1.54) is 0 Å². The fourth-order valence-electron chi connectivity index (χ4n) is 2.92. The van der Waals surface area contributed by atoms with Crippen molar-refractivity contribution < 1.29 is 9.59 Å². The highest BCUT2D eigenvalue weighted by Crippen LogP contribution is 2.29. The molecule has 6 heteroatoms. The zero-order chi connectivity index (χ0) is 16.4. The first-order chi connectivity index (χ1) is 11.1. The minimum atomic E-state index is -0.340. The molecular formula is C17H20N4O2. The molecule has 1 aliphatic rings. The fraction of sp³-hybridized carbons (Fsp3) is 0.353. The quantitative estimate of drug-likeness (QED) is 0.938. The van der Waals surface area contributed by atoms with Crippen LogP contribution in [0, 0.1) is 5.92 Å². The van der Waals surface area contributed by atoms with E-state index in [1.807, 2.05) is 24.3 Å². The Morgan fingerprint density at radius 2 is 2.17 bits per heavy atom. The summed E-state index contributed by atoms with van der Waals surface area (Å²) >= 11 is 0. The van der Waals surface area contributed by atoms with Gasteiger partial charge in [0.15, 0.2) is 0 Å². The van der Waals surface area contributed by atoms with Crippen LogP contribution in [0.15, 0.2) is 36.7 Å². The standard InChI is InChI=1S/C17H20N4O2/c1-3-12-6-4-5-7-15(12)21-10-13(8-16(21)22)17(23)19-14-9-18-20(2)11-14/h4-7,9,11,13H,3,8,10H2,1-2H3,(H,19,23). The number of anilines is 2. The molecule has 2 heterocycles. The van der Waals surface area contributed by atoms with Gasteiger partial charge in [0.2, 0.25) is 11.8 Å². The largest absolute Gasteiger partial charge is 0.323 e. The predicted molar refractivity (Wildman–Crippen MR) is 88.1 cm³/mol. The molecule has 0 radical (unpaired) electrons. The van der Waals surface area contributed by atoms with Gasteiger partial charge in [-0.15, -0.1) is 0 Å². The van der Waals surface area contributed by atoms with Gasteiger partial charge in [0.05, 0.1) is 17.8 Å². The van der Waals surface area contributed by atoms with Gasteiger partial charge in [0, 0.05) is 31.9 Å². The molecular weight excluding hydrogens is 292 g/mol. The first-order valence-electron chi connectivity index (χ1n) is 7.76. The number of carbonyl (C=O) groups is 2. The smallest absolute Gasteiger partial charge is 0.229 e. The van der Waals surface area contributed by atoms with Crippen LogP contribution in [0.2, 0.25) is 0 Å². The first kappa shape index (κ1) is 15.3. The Kier molecular flexibility index (Phi) is 4.14. The van der Waals surface area contributed by atoms with E-state index in [4.69, 9.17) is 0 Å². The average molecular weight is 312 g/mol. The Bertz CT molecular complexity index is 738. The molecule has 1 unspecified atom stereocenters. The third-order valence-electron chi connectivity index (χ3n) is 4.13. The van der Waals surface area contributed by atoms with E-state index in [0.717, 1.165) is 17.7 Å². The summed E-state index contributed by atoms with van der Waals surface area (Å²) in [5.74, 6) is -0.479. The average Bonchev–Trinajstić information content (AvgIpc) is 3.13. The first-order valence-corrected chi connectivity index (χ1v) is 7.76. The summed E-state index contributed by atoms with van der Waals surface area (Å²) in [5.41, 5.74) is 2.68. The minimum Gasteiger partial charge on any atom is -0.323 e. The van der Waals surface area contributed by atoms with Crippen molar-refractivity contribution >= 4 is 23.2 Å². The van der Waals surface area contributed by atoms with Crippen molar-refractivity contribution in [1.82, 2.24) is 9.78 Å². The van der Waals surface area contributed by atoms with E-state index in [-0.39, 0.29) is 24.2 Å². The summed E-state index contributed by atoms with van der Waals surface area (Å²) < 4.78 is 1.62. The number of nitrogens with zero attached hydrogens (tertiary/aromatic N) is 3. The van der Waals surface area contributed by atoms with Crippen molar-refractivity contribution in [1.29, 1.82) is 0 Å². The Hall–Kier alpha value is -2.63. The van der Waals surface area contributed by atoms with E-state index >= 15 is 0 Å². The predicted octanol–water partition coefficient (Wildman–Crippen LogP) is 1.97. The van der Waals surface area contributed by atoms with E-state index in [2.05, 4.69) is 17.3 Å². The topological polar surface area (TPSA) is 67.2 Å². The number of hydrogen-bond acceptors (Lipinski definition) is 3. The van der Waals surface area contributed by atoms with Crippen LogP contribution in [0.3, 0.4) is 0 Å². The minimum absolute atomic E-state index is 0.00256. The van der Waals surface area contributed by atoms with E-state index in [0.29, 0.717) is 12.2 Å². The molecule has 2 amide bonds. The van der Waals surface area contributed by atoms with Crippen LogP contribution in [-0.4, -0.2) is 28.1 Å². The molecule has 6 nitrogen and oxygen atoms in total. The second-order valence-corrected chi connectivity index (χ2v) is 5.78. The van der Waals surface area contributed by atoms with Crippen LogP contribution < -0.4 is 10.2 Å². The highest BCUT2D eigenvalue weighted by Gasteiger charge is 2.35. The molecule has 1 atom stereocenters. The molecule has 3 rings (SSSR count). The van der Waals surface area contributed by atoms with Crippen molar-refractivity contribution in [2.45, 2.75) is 19.8 Å². The van der Waals surface area contributed by atoms with Crippen molar-refractivity contribution in [3.63, 3.8) is 0 Å². The van der Waals surface area contributed by atoms with Gasteiger partial charge in [-0.25, -0.2) is 0 Å². The number of aryl methyl sites for hydroxylation is 2. The third-order valence-corrected chi connectivity index (χ3v) is 4.13. The van der Waals surface area contributed by atoms with E-state index in [9.17, 15) is 9.59 Å². The lowest BCUT2D eigenvalue weighted by Crippen LogP contribution is -2.28.